The van der Waals surface area contributed by atoms with Crippen LogP contribution in [0.1, 0.15) is 31.1 Å². The van der Waals surface area contributed by atoms with Crippen molar-refractivity contribution in [3.63, 3.8) is 0 Å². The molecule has 0 bridgehead atoms. The molecule has 21 heavy (non-hydrogen) atoms. The van der Waals surface area contributed by atoms with Gasteiger partial charge in [-0.25, -0.2) is 0 Å². The van der Waals surface area contributed by atoms with Crippen LogP contribution in [-0.4, -0.2) is 42.5 Å². The number of carbonyl (C=O) groups excluding carboxylic acids is 1. The first kappa shape index (κ1) is 15.6. The highest BCUT2D eigenvalue weighted by molar-refractivity contribution is 5.80. The fourth-order valence-corrected chi connectivity index (χ4v) is 2.80. The van der Waals surface area contributed by atoms with Gasteiger partial charge in [-0.05, 0) is 45.5 Å². The Morgan fingerprint density at radius 2 is 2.14 bits per heavy atom. The van der Waals surface area contributed by atoms with Crippen molar-refractivity contribution < 1.29 is 19.1 Å². The SMILES string of the molecule is CN(C)C(CNC(=O)[C@@H]1CC[C@H](C(=O)O)C1)c1ccco1. The minimum absolute atomic E-state index is 0.0272. The van der Waals surface area contributed by atoms with E-state index < -0.39 is 5.97 Å². The Kier molecular flexibility index (Phi) is 5.01. The molecule has 2 N–H and O–H groups in total. The lowest BCUT2D eigenvalue weighted by atomic mass is 10.0. The minimum Gasteiger partial charge on any atom is -0.481 e. The maximum Gasteiger partial charge on any atom is 0.306 e. The Bertz CT molecular complexity index is 484. The van der Waals surface area contributed by atoms with Crippen molar-refractivity contribution >= 4 is 11.9 Å². The standard InChI is InChI=1S/C15H22N2O4/c1-17(2)12(13-4-3-7-21-13)9-16-14(18)10-5-6-11(8-10)15(19)20/h3-4,7,10-12H,5-6,8-9H2,1-2H3,(H,16,18)(H,19,20)/t10-,11+,12?/m1/s1. The third-order valence-electron chi connectivity index (χ3n) is 4.12. The first-order valence-electron chi connectivity index (χ1n) is 7.19. The van der Waals surface area contributed by atoms with Crippen molar-refractivity contribution in [2.45, 2.75) is 25.3 Å². The van der Waals surface area contributed by atoms with E-state index in [2.05, 4.69) is 5.32 Å². The number of aliphatic carboxylic acids is 1. The number of hydrogen-bond donors (Lipinski definition) is 2. The Balaban J connectivity index is 1.87. The van der Waals surface area contributed by atoms with Crippen LogP contribution in [-0.2, 0) is 9.59 Å². The molecule has 0 aliphatic heterocycles. The summed E-state index contributed by atoms with van der Waals surface area (Å²) in [7, 11) is 3.85. The zero-order valence-electron chi connectivity index (χ0n) is 12.4. The number of furan rings is 1. The molecule has 0 radical (unpaired) electrons. The summed E-state index contributed by atoms with van der Waals surface area (Å²) in [6.07, 6.45) is 3.29. The first-order chi connectivity index (χ1) is 9.99. The molecule has 0 spiro atoms. The van der Waals surface area contributed by atoms with E-state index in [9.17, 15) is 9.59 Å². The summed E-state index contributed by atoms with van der Waals surface area (Å²) < 4.78 is 5.39. The number of rotatable bonds is 6. The van der Waals surface area contributed by atoms with Gasteiger partial charge in [0.15, 0.2) is 0 Å². The van der Waals surface area contributed by atoms with Crippen LogP contribution in [0.5, 0.6) is 0 Å². The van der Waals surface area contributed by atoms with Crippen LogP contribution in [0.25, 0.3) is 0 Å². The lowest BCUT2D eigenvalue weighted by Crippen LogP contribution is -2.37. The predicted octanol–water partition coefficient (Wildman–Crippen LogP) is 1.50. The molecule has 1 aliphatic rings. The van der Waals surface area contributed by atoms with Gasteiger partial charge in [0.25, 0.3) is 0 Å². The Labute approximate surface area is 124 Å². The van der Waals surface area contributed by atoms with Crippen LogP contribution in [0.3, 0.4) is 0 Å². The second-order valence-electron chi connectivity index (χ2n) is 5.79. The molecular formula is C15H22N2O4. The molecule has 6 heteroatoms. The fourth-order valence-electron chi connectivity index (χ4n) is 2.80. The summed E-state index contributed by atoms with van der Waals surface area (Å²) >= 11 is 0. The smallest absolute Gasteiger partial charge is 0.306 e. The molecule has 0 saturated heterocycles. The average molecular weight is 294 g/mol. The molecule has 1 amide bonds. The van der Waals surface area contributed by atoms with Gasteiger partial charge in [-0.2, -0.15) is 0 Å². The molecule has 0 aromatic carbocycles. The number of nitrogens with one attached hydrogen (secondary N) is 1. The van der Waals surface area contributed by atoms with Crippen LogP contribution >= 0.6 is 0 Å². The van der Waals surface area contributed by atoms with E-state index in [-0.39, 0.29) is 23.8 Å². The van der Waals surface area contributed by atoms with E-state index in [1.807, 2.05) is 31.1 Å². The molecule has 1 aliphatic carbocycles. The zero-order chi connectivity index (χ0) is 15.4. The van der Waals surface area contributed by atoms with E-state index in [0.29, 0.717) is 25.8 Å². The summed E-state index contributed by atoms with van der Waals surface area (Å²) in [5, 5.41) is 11.9. The molecular weight excluding hydrogens is 272 g/mol. The number of likely N-dealkylation sites (N-methyl/N-ethyl adjacent to an activating group) is 1. The Morgan fingerprint density at radius 1 is 1.43 bits per heavy atom. The van der Waals surface area contributed by atoms with E-state index >= 15 is 0 Å². The summed E-state index contributed by atoms with van der Waals surface area (Å²) in [4.78, 5) is 25.1. The minimum atomic E-state index is -0.799. The highest BCUT2D eigenvalue weighted by Gasteiger charge is 2.34. The van der Waals surface area contributed by atoms with Crippen molar-refractivity contribution in [2.75, 3.05) is 20.6 Å². The maximum atomic E-state index is 12.2. The Hall–Kier alpha value is -1.82. The average Bonchev–Trinajstić information content (AvgIpc) is 3.09. The molecule has 116 valence electrons. The van der Waals surface area contributed by atoms with E-state index in [1.165, 1.54) is 0 Å². The summed E-state index contributed by atoms with van der Waals surface area (Å²) in [6, 6.07) is 3.68. The van der Waals surface area contributed by atoms with E-state index in [4.69, 9.17) is 9.52 Å². The second kappa shape index (κ2) is 6.76. The van der Waals surface area contributed by atoms with Crippen molar-refractivity contribution in [3.8, 4) is 0 Å². The molecule has 6 nitrogen and oxygen atoms in total. The van der Waals surface area contributed by atoms with Gasteiger partial charge in [-0.1, -0.05) is 0 Å². The topological polar surface area (TPSA) is 82.8 Å². The molecule has 1 aromatic heterocycles. The molecule has 3 atom stereocenters. The summed E-state index contributed by atoms with van der Waals surface area (Å²) in [6.45, 7) is 0.452. The van der Waals surface area contributed by atoms with Gasteiger partial charge in [0.2, 0.25) is 5.91 Å². The largest absolute Gasteiger partial charge is 0.481 e. The number of amides is 1. The van der Waals surface area contributed by atoms with Crippen LogP contribution in [0.15, 0.2) is 22.8 Å². The molecule has 2 rings (SSSR count). The zero-order valence-corrected chi connectivity index (χ0v) is 12.4. The maximum absolute atomic E-state index is 12.2. The first-order valence-corrected chi connectivity index (χ1v) is 7.19. The van der Waals surface area contributed by atoms with Gasteiger partial charge >= 0.3 is 5.97 Å². The number of nitrogens with zero attached hydrogens (tertiary/aromatic N) is 1. The molecule has 1 aromatic rings. The van der Waals surface area contributed by atoms with Gasteiger partial charge in [0.05, 0.1) is 18.2 Å². The summed E-state index contributed by atoms with van der Waals surface area (Å²) in [5.41, 5.74) is 0. The quantitative estimate of drug-likeness (QED) is 0.831. The highest BCUT2D eigenvalue weighted by Crippen LogP contribution is 2.31. The predicted molar refractivity (Wildman–Crippen MR) is 76.6 cm³/mol. The number of hydrogen-bond acceptors (Lipinski definition) is 4. The molecule has 1 saturated carbocycles. The van der Waals surface area contributed by atoms with Gasteiger partial charge in [0.1, 0.15) is 5.76 Å². The van der Waals surface area contributed by atoms with Gasteiger partial charge in [-0.15, -0.1) is 0 Å². The van der Waals surface area contributed by atoms with Crippen LogP contribution in [0, 0.1) is 11.8 Å². The van der Waals surface area contributed by atoms with Crippen LogP contribution in [0.4, 0.5) is 0 Å². The molecule has 1 fully saturated rings. The van der Waals surface area contributed by atoms with E-state index in [0.717, 1.165) is 5.76 Å². The third-order valence-corrected chi connectivity index (χ3v) is 4.12. The van der Waals surface area contributed by atoms with E-state index in [1.54, 1.807) is 6.26 Å². The third kappa shape index (κ3) is 3.85. The van der Waals surface area contributed by atoms with Gasteiger partial charge in [-0.3, -0.25) is 14.5 Å². The number of carboxylic acids is 1. The Morgan fingerprint density at radius 3 is 2.67 bits per heavy atom. The monoisotopic (exact) mass is 294 g/mol. The van der Waals surface area contributed by atoms with Crippen molar-refractivity contribution in [1.29, 1.82) is 0 Å². The second-order valence-corrected chi connectivity index (χ2v) is 5.79. The van der Waals surface area contributed by atoms with Crippen molar-refractivity contribution in [2.24, 2.45) is 11.8 Å². The molecule has 1 unspecified atom stereocenters. The molecule has 1 heterocycles. The van der Waals surface area contributed by atoms with Gasteiger partial charge in [0, 0.05) is 12.5 Å². The number of carboxylic acid groups (broad SMARTS) is 1. The van der Waals surface area contributed by atoms with Crippen LogP contribution < -0.4 is 5.32 Å². The highest BCUT2D eigenvalue weighted by atomic mass is 16.4. The van der Waals surface area contributed by atoms with Crippen molar-refractivity contribution in [3.05, 3.63) is 24.2 Å². The van der Waals surface area contributed by atoms with Gasteiger partial charge < -0.3 is 14.8 Å². The fraction of sp³-hybridized carbons (Fsp3) is 0.600. The van der Waals surface area contributed by atoms with Crippen molar-refractivity contribution in [1.82, 2.24) is 10.2 Å². The summed E-state index contributed by atoms with van der Waals surface area (Å²) in [5.74, 6) is -0.625. The number of carbonyl (C=O) groups is 2. The van der Waals surface area contributed by atoms with Crippen LogP contribution in [0.2, 0.25) is 0 Å². The lowest BCUT2D eigenvalue weighted by Gasteiger charge is -2.23. The lowest BCUT2D eigenvalue weighted by molar-refractivity contribution is -0.141. The normalized spacial score (nSPS) is 23.2.